The monoisotopic (exact) mass is 821 g/mol. The van der Waals surface area contributed by atoms with Crippen molar-refractivity contribution >= 4 is 40.8 Å². The number of carbonyl (C=O) groups excluding carboxylic acids is 2. The number of hydrogen-bond acceptors (Lipinski definition) is 11. The van der Waals surface area contributed by atoms with Crippen LogP contribution in [0.1, 0.15) is 100 Å². The molecule has 0 aliphatic carbocycles. The predicted octanol–water partition coefficient (Wildman–Crippen LogP) is 9.41. The Kier molecular flexibility index (Phi) is 16.4. The SMILES string of the molecule is COc1cc(C(=O)OC(C)CCCCCCCOOOOO)ccc1NC(=O)[C@@H]1N[C@@H](CC(C)(C)C)[C@](C#N)(c2ccc(Cl)cc2F)[C@H]1c1cccc(Cl)c1F. The molecule has 0 radical (unpaired) electrons. The normalized spacial score (nSPS) is 20.0. The highest BCUT2D eigenvalue weighted by Crippen LogP contribution is 2.53. The fraction of sp³-hybridized carbons (Fsp3) is 0.475. The molecule has 16 heteroatoms. The number of hydrogen-bond donors (Lipinski definition) is 3. The van der Waals surface area contributed by atoms with E-state index in [4.69, 9.17) is 37.9 Å². The number of halogens is 4. The largest absolute Gasteiger partial charge is 0.495 e. The maximum Gasteiger partial charge on any atom is 0.338 e. The van der Waals surface area contributed by atoms with Gasteiger partial charge in [-0.15, -0.1) is 0 Å². The van der Waals surface area contributed by atoms with Crippen molar-refractivity contribution in [1.82, 2.24) is 5.32 Å². The lowest BCUT2D eigenvalue weighted by molar-refractivity contribution is -0.702. The quantitative estimate of drug-likeness (QED) is 0.0458. The smallest absolute Gasteiger partial charge is 0.338 e. The number of nitriles is 1. The lowest BCUT2D eigenvalue weighted by Crippen LogP contribution is -2.45. The summed E-state index contributed by atoms with van der Waals surface area (Å²) >= 11 is 12.4. The van der Waals surface area contributed by atoms with E-state index in [0.29, 0.717) is 19.3 Å². The van der Waals surface area contributed by atoms with Crippen LogP contribution in [0, 0.1) is 28.4 Å². The molecule has 56 heavy (non-hydrogen) atoms. The van der Waals surface area contributed by atoms with Crippen molar-refractivity contribution in [2.45, 2.75) is 102 Å². The van der Waals surface area contributed by atoms with Crippen LogP contribution >= 0.6 is 23.2 Å². The second-order valence-corrected chi connectivity index (χ2v) is 15.7. The molecule has 1 aliphatic heterocycles. The second kappa shape index (κ2) is 20.5. The van der Waals surface area contributed by atoms with Crippen LogP contribution in [0.3, 0.4) is 0 Å². The molecule has 1 fully saturated rings. The summed E-state index contributed by atoms with van der Waals surface area (Å²) in [5, 5.41) is 36.1. The Labute approximate surface area is 335 Å². The molecule has 1 aliphatic rings. The third kappa shape index (κ3) is 11.1. The van der Waals surface area contributed by atoms with Crippen molar-refractivity contribution in [3.8, 4) is 11.8 Å². The number of nitrogens with one attached hydrogen (secondary N) is 2. The Hall–Kier alpha value is -3.91. The standard InChI is InChI=1S/C40H47Cl2F2N3O9/c1-24(12-9-7-6-8-10-19-52-55-56-54-50)53-38(49)25-15-18-31(32(20-25)51-5)46-37(48)36-34(27-13-11-14-29(42)35(27)44)40(23-45,33(47-36)22-39(2,3)4)28-17-16-26(41)21-30(28)43/h11,13-18,20-21,24,33-34,36,47,50H,6-10,12,19,22H2,1-5H3,(H,46,48)/t24?,33-,34-,36+,40-/m0/s1. The van der Waals surface area contributed by atoms with Crippen LogP contribution in [0.2, 0.25) is 10.0 Å². The molecule has 304 valence electrons. The van der Waals surface area contributed by atoms with Crippen molar-refractivity contribution in [3.05, 3.63) is 93.0 Å². The number of amides is 1. The first-order valence-electron chi connectivity index (χ1n) is 18.2. The number of rotatable bonds is 19. The minimum absolute atomic E-state index is 0.0421. The molecule has 3 aromatic rings. The van der Waals surface area contributed by atoms with Crippen LogP contribution < -0.4 is 15.4 Å². The fourth-order valence-electron chi connectivity index (χ4n) is 7.19. The molecule has 12 nitrogen and oxygen atoms in total. The Bertz CT molecular complexity index is 1860. The van der Waals surface area contributed by atoms with Crippen molar-refractivity contribution in [1.29, 1.82) is 5.26 Å². The summed E-state index contributed by atoms with van der Waals surface area (Å²) in [7, 11) is 1.38. The average Bonchev–Trinajstić information content (AvgIpc) is 3.46. The molecule has 3 N–H and O–H groups in total. The summed E-state index contributed by atoms with van der Waals surface area (Å²) < 4.78 is 43.2. The number of carbonyl (C=O) groups is 2. The number of benzene rings is 3. The molecule has 0 bridgehead atoms. The predicted molar refractivity (Wildman–Crippen MR) is 204 cm³/mol. The summed E-state index contributed by atoms with van der Waals surface area (Å²) in [6.07, 6.45) is 4.79. The molecular weight excluding hydrogens is 775 g/mol. The summed E-state index contributed by atoms with van der Waals surface area (Å²) in [6.45, 7) is 7.90. The highest BCUT2D eigenvalue weighted by atomic mass is 35.5. The number of anilines is 1. The van der Waals surface area contributed by atoms with Gasteiger partial charge < -0.3 is 20.1 Å². The molecule has 0 saturated carbocycles. The number of nitrogens with zero attached hydrogens (tertiary/aromatic N) is 1. The molecule has 1 heterocycles. The second-order valence-electron chi connectivity index (χ2n) is 14.9. The minimum atomic E-state index is -1.80. The van der Waals surface area contributed by atoms with Crippen LogP contribution in [0.4, 0.5) is 14.5 Å². The average molecular weight is 823 g/mol. The van der Waals surface area contributed by atoms with Gasteiger partial charge >= 0.3 is 5.97 Å². The molecular formula is C40H47Cl2F2N3O9. The highest BCUT2D eigenvalue weighted by Gasteiger charge is 2.61. The molecule has 3 aromatic carbocycles. The van der Waals surface area contributed by atoms with Crippen molar-refractivity contribution in [2.24, 2.45) is 5.41 Å². The van der Waals surface area contributed by atoms with Crippen LogP contribution in [-0.2, 0) is 34.9 Å². The molecule has 1 unspecified atom stereocenters. The topological polar surface area (TPSA) is 158 Å². The molecule has 1 amide bonds. The zero-order valence-corrected chi connectivity index (χ0v) is 33.3. The van der Waals surface area contributed by atoms with Gasteiger partial charge in [0.15, 0.2) is 0 Å². The van der Waals surface area contributed by atoms with Crippen LogP contribution in [-0.4, -0.2) is 49.0 Å². The van der Waals surface area contributed by atoms with E-state index in [1.807, 2.05) is 20.8 Å². The van der Waals surface area contributed by atoms with E-state index in [2.05, 4.69) is 36.7 Å². The van der Waals surface area contributed by atoms with Gasteiger partial charge in [0.2, 0.25) is 5.91 Å². The van der Waals surface area contributed by atoms with Crippen LogP contribution in [0.5, 0.6) is 5.75 Å². The third-order valence-corrected chi connectivity index (χ3v) is 10.2. The van der Waals surface area contributed by atoms with E-state index >= 15 is 8.78 Å². The number of unbranched alkanes of at least 4 members (excludes halogenated alkanes) is 4. The number of methoxy groups -OCH3 is 1. The molecule has 5 atom stereocenters. The Morgan fingerprint density at radius 3 is 2.45 bits per heavy atom. The van der Waals surface area contributed by atoms with Gasteiger partial charge in [-0.05, 0) is 95.1 Å². The van der Waals surface area contributed by atoms with Crippen LogP contribution in [0.25, 0.3) is 0 Å². The van der Waals surface area contributed by atoms with Gasteiger partial charge in [0.1, 0.15) is 22.8 Å². The zero-order valence-electron chi connectivity index (χ0n) is 31.8. The fourth-order valence-corrected chi connectivity index (χ4v) is 7.53. The molecule has 0 aromatic heterocycles. The van der Waals surface area contributed by atoms with E-state index < -0.39 is 52.3 Å². The van der Waals surface area contributed by atoms with Crippen molar-refractivity contribution < 1.29 is 53.1 Å². The maximum atomic E-state index is 16.0. The molecule has 1 saturated heterocycles. The van der Waals surface area contributed by atoms with Gasteiger partial charge in [0.05, 0.1) is 48.2 Å². The molecule has 4 rings (SSSR count). The summed E-state index contributed by atoms with van der Waals surface area (Å²) in [5.74, 6) is -3.97. The van der Waals surface area contributed by atoms with Crippen molar-refractivity contribution in [2.75, 3.05) is 19.0 Å². The summed E-state index contributed by atoms with van der Waals surface area (Å²) in [5.41, 5.74) is -1.93. The lowest BCUT2D eigenvalue weighted by Gasteiger charge is -2.37. The van der Waals surface area contributed by atoms with E-state index in [1.54, 1.807) is 6.92 Å². The maximum absolute atomic E-state index is 16.0. The first-order valence-corrected chi connectivity index (χ1v) is 19.0. The van der Waals surface area contributed by atoms with Gasteiger partial charge in [0.25, 0.3) is 0 Å². The summed E-state index contributed by atoms with van der Waals surface area (Å²) in [4.78, 5) is 32.1. The van der Waals surface area contributed by atoms with Gasteiger partial charge in [-0.2, -0.15) is 5.26 Å². The number of esters is 1. The molecule has 0 spiro atoms. The van der Waals surface area contributed by atoms with Crippen LogP contribution in [0.15, 0.2) is 54.6 Å². The third-order valence-electron chi connectivity index (χ3n) is 9.68. The van der Waals surface area contributed by atoms with E-state index in [9.17, 15) is 14.9 Å². The van der Waals surface area contributed by atoms with E-state index in [-0.39, 0.29) is 50.9 Å². The Morgan fingerprint density at radius 2 is 1.77 bits per heavy atom. The zero-order chi connectivity index (χ0) is 41.0. The van der Waals surface area contributed by atoms with Gasteiger partial charge in [-0.25, -0.2) is 23.7 Å². The minimum Gasteiger partial charge on any atom is -0.495 e. The van der Waals surface area contributed by atoms with Crippen molar-refractivity contribution in [3.63, 3.8) is 0 Å². The van der Waals surface area contributed by atoms with E-state index in [1.165, 1.54) is 55.6 Å². The first-order chi connectivity index (χ1) is 26.7. The highest BCUT2D eigenvalue weighted by molar-refractivity contribution is 6.31. The first kappa shape index (κ1) is 44.8. The van der Waals surface area contributed by atoms with Gasteiger partial charge in [0, 0.05) is 22.5 Å². The summed E-state index contributed by atoms with van der Waals surface area (Å²) in [6, 6.07) is 12.9. The lowest BCUT2D eigenvalue weighted by atomic mass is 9.62. The van der Waals surface area contributed by atoms with E-state index in [0.717, 1.165) is 31.7 Å². The Morgan fingerprint density at radius 1 is 1.04 bits per heavy atom. The van der Waals surface area contributed by atoms with Gasteiger partial charge in [-0.1, -0.05) is 81.4 Å². The number of ether oxygens (including phenoxy) is 2. The van der Waals surface area contributed by atoms with Gasteiger partial charge in [-0.3, -0.25) is 4.79 Å². The Balaban J connectivity index is 1.55.